The van der Waals surface area contributed by atoms with Crippen molar-refractivity contribution in [2.45, 2.75) is 16.7 Å². The predicted octanol–water partition coefficient (Wildman–Crippen LogP) is 7.50. The molecule has 0 unspecified atom stereocenters. The Morgan fingerprint density at radius 2 is 0.846 bits per heavy atom. The van der Waals surface area contributed by atoms with E-state index in [9.17, 15) is 0 Å². The Morgan fingerprint density at radius 3 is 1.35 bits per heavy atom. The van der Waals surface area contributed by atoms with Crippen molar-refractivity contribution in [2.24, 2.45) is 0 Å². The van der Waals surface area contributed by atoms with Crippen molar-refractivity contribution in [3.63, 3.8) is 0 Å². The molecule has 0 amide bonds. The molecule has 0 aromatic heterocycles. The number of hydrogen-bond acceptors (Lipinski definition) is 1. The average molecular weight is 355 g/mol. The molecule has 4 aromatic carbocycles. The minimum atomic E-state index is 1.26. The first-order chi connectivity index (χ1) is 12.8. The zero-order chi connectivity index (χ0) is 18.0. The third kappa shape index (κ3) is 5.65. The van der Waals surface area contributed by atoms with E-state index in [0.717, 1.165) is 0 Å². The summed E-state index contributed by atoms with van der Waals surface area (Å²) in [6.45, 7) is 2.08. The fourth-order valence-electron chi connectivity index (χ4n) is 2.51. The minimum Gasteiger partial charge on any atom is -0.0901 e. The van der Waals surface area contributed by atoms with Gasteiger partial charge in [0, 0.05) is 9.79 Å². The van der Waals surface area contributed by atoms with E-state index in [-0.39, 0.29) is 0 Å². The fraction of sp³-hybridized carbons (Fsp3) is 0.0400. The van der Waals surface area contributed by atoms with Crippen LogP contribution in [0.4, 0.5) is 0 Å². The zero-order valence-electron chi connectivity index (χ0n) is 14.9. The molecule has 0 aliphatic carbocycles. The van der Waals surface area contributed by atoms with Gasteiger partial charge >= 0.3 is 0 Å². The Hall–Kier alpha value is -2.77. The summed E-state index contributed by atoms with van der Waals surface area (Å²) in [5.41, 5.74) is 3.85. The van der Waals surface area contributed by atoms with Crippen LogP contribution >= 0.6 is 11.8 Å². The van der Waals surface area contributed by atoms with Crippen molar-refractivity contribution in [3.05, 3.63) is 121 Å². The summed E-state index contributed by atoms with van der Waals surface area (Å²) in [6, 6.07) is 39.9. The van der Waals surface area contributed by atoms with Crippen molar-refractivity contribution in [1.29, 1.82) is 0 Å². The number of aryl methyl sites for hydroxylation is 1. The summed E-state index contributed by atoms with van der Waals surface area (Å²) in [6.07, 6.45) is 0. The summed E-state index contributed by atoms with van der Waals surface area (Å²) < 4.78 is 0. The summed E-state index contributed by atoms with van der Waals surface area (Å²) in [5.74, 6) is 0. The summed E-state index contributed by atoms with van der Waals surface area (Å²) >= 11 is 1.79. The lowest BCUT2D eigenvalue weighted by Crippen LogP contribution is -1.77. The molecule has 1 heteroatoms. The molecule has 0 bridgehead atoms. The highest BCUT2D eigenvalue weighted by Gasteiger charge is 1.99. The Kier molecular flexibility index (Phi) is 6.69. The van der Waals surface area contributed by atoms with Crippen LogP contribution in [0, 0.1) is 6.92 Å². The lowest BCUT2D eigenvalue weighted by molar-refractivity contribution is 1.41. The van der Waals surface area contributed by atoms with Crippen LogP contribution < -0.4 is 0 Å². The van der Waals surface area contributed by atoms with Gasteiger partial charge in [-0.2, -0.15) is 0 Å². The maximum absolute atomic E-state index is 2.18. The van der Waals surface area contributed by atoms with E-state index in [1.54, 1.807) is 11.8 Å². The van der Waals surface area contributed by atoms with Gasteiger partial charge in [-0.05, 0) is 42.3 Å². The first-order valence-corrected chi connectivity index (χ1v) is 9.53. The maximum Gasteiger partial charge on any atom is 0.0122 e. The molecule has 0 spiro atoms. The van der Waals surface area contributed by atoms with Crippen LogP contribution in [0.2, 0.25) is 0 Å². The highest BCUT2D eigenvalue weighted by atomic mass is 32.2. The van der Waals surface area contributed by atoms with Gasteiger partial charge in [-0.3, -0.25) is 0 Å². The summed E-state index contributed by atoms with van der Waals surface area (Å²) in [7, 11) is 0. The quantitative estimate of drug-likeness (QED) is 0.367. The molecule has 0 N–H and O–H groups in total. The van der Waals surface area contributed by atoms with Crippen LogP contribution in [0.1, 0.15) is 5.56 Å². The summed E-state index contributed by atoms with van der Waals surface area (Å²) in [5, 5.41) is 0. The lowest BCUT2D eigenvalue weighted by atomic mass is 10.1. The van der Waals surface area contributed by atoms with E-state index < -0.39 is 0 Å². The van der Waals surface area contributed by atoms with E-state index in [4.69, 9.17) is 0 Å². The predicted molar refractivity (Wildman–Crippen MR) is 114 cm³/mol. The molecule has 0 nitrogen and oxygen atoms in total. The van der Waals surface area contributed by atoms with Crippen LogP contribution in [0.15, 0.2) is 125 Å². The Morgan fingerprint density at radius 1 is 0.423 bits per heavy atom. The van der Waals surface area contributed by atoms with Crippen LogP contribution in [-0.2, 0) is 0 Å². The maximum atomic E-state index is 2.18. The third-order valence-electron chi connectivity index (χ3n) is 3.88. The van der Waals surface area contributed by atoms with Crippen molar-refractivity contribution < 1.29 is 0 Å². The van der Waals surface area contributed by atoms with E-state index in [2.05, 4.69) is 91.9 Å². The molecule has 0 saturated heterocycles. The second-order valence-corrected chi connectivity index (χ2v) is 7.11. The van der Waals surface area contributed by atoms with Crippen LogP contribution in [0.5, 0.6) is 0 Å². The van der Waals surface area contributed by atoms with E-state index in [1.807, 2.05) is 30.3 Å². The van der Waals surface area contributed by atoms with Gasteiger partial charge in [0.2, 0.25) is 0 Å². The van der Waals surface area contributed by atoms with Crippen molar-refractivity contribution in [3.8, 4) is 11.1 Å². The molecule has 0 aliphatic heterocycles. The van der Waals surface area contributed by atoms with Gasteiger partial charge in [-0.25, -0.2) is 0 Å². The molecular formula is C25H22S. The van der Waals surface area contributed by atoms with Crippen LogP contribution in [-0.4, -0.2) is 0 Å². The van der Waals surface area contributed by atoms with Gasteiger partial charge < -0.3 is 0 Å². The SMILES string of the molecule is Cc1ccccc1.c1ccc(Sc2ccc(-c3ccccc3)cc2)cc1. The van der Waals surface area contributed by atoms with Gasteiger partial charge in [0.25, 0.3) is 0 Å². The van der Waals surface area contributed by atoms with Gasteiger partial charge in [0.1, 0.15) is 0 Å². The minimum absolute atomic E-state index is 1.26. The van der Waals surface area contributed by atoms with Gasteiger partial charge in [-0.1, -0.05) is 108 Å². The van der Waals surface area contributed by atoms with Crippen molar-refractivity contribution >= 4 is 11.8 Å². The molecule has 4 aromatic rings. The molecule has 4 rings (SSSR count). The molecule has 0 saturated carbocycles. The highest BCUT2D eigenvalue weighted by Crippen LogP contribution is 2.29. The summed E-state index contributed by atoms with van der Waals surface area (Å²) in [4.78, 5) is 2.54. The third-order valence-corrected chi connectivity index (χ3v) is 4.90. The van der Waals surface area contributed by atoms with Crippen LogP contribution in [0.25, 0.3) is 11.1 Å². The topological polar surface area (TPSA) is 0 Å². The largest absolute Gasteiger partial charge is 0.0901 e. The van der Waals surface area contributed by atoms with Crippen molar-refractivity contribution in [2.75, 3.05) is 0 Å². The van der Waals surface area contributed by atoms with Crippen LogP contribution in [0.3, 0.4) is 0 Å². The smallest absolute Gasteiger partial charge is 0.0122 e. The molecular weight excluding hydrogens is 332 g/mol. The van der Waals surface area contributed by atoms with Gasteiger partial charge in [0.05, 0.1) is 0 Å². The monoisotopic (exact) mass is 354 g/mol. The molecule has 0 atom stereocenters. The number of benzene rings is 4. The Bertz CT molecular complexity index is 883. The molecule has 26 heavy (non-hydrogen) atoms. The second-order valence-electron chi connectivity index (χ2n) is 5.96. The number of rotatable bonds is 3. The zero-order valence-corrected chi connectivity index (χ0v) is 15.7. The van der Waals surface area contributed by atoms with Crippen molar-refractivity contribution in [1.82, 2.24) is 0 Å². The van der Waals surface area contributed by atoms with Gasteiger partial charge in [0.15, 0.2) is 0 Å². The molecule has 128 valence electrons. The molecule has 0 fully saturated rings. The first kappa shape index (κ1) is 18.0. The fourth-order valence-corrected chi connectivity index (χ4v) is 3.34. The second kappa shape index (κ2) is 9.65. The highest BCUT2D eigenvalue weighted by molar-refractivity contribution is 7.99. The Labute approximate surface area is 160 Å². The van der Waals surface area contributed by atoms with E-state index in [1.165, 1.54) is 26.5 Å². The Balaban J connectivity index is 0.000000236. The molecule has 0 radical (unpaired) electrons. The lowest BCUT2D eigenvalue weighted by Gasteiger charge is -2.04. The average Bonchev–Trinajstić information content (AvgIpc) is 2.71. The van der Waals surface area contributed by atoms with Gasteiger partial charge in [-0.15, -0.1) is 0 Å². The normalized spacial score (nSPS) is 9.88. The van der Waals surface area contributed by atoms with E-state index in [0.29, 0.717) is 0 Å². The van der Waals surface area contributed by atoms with E-state index >= 15 is 0 Å². The first-order valence-electron chi connectivity index (χ1n) is 8.71. The molecule has 0 heterocycles. The number of hydrogen-bond donors (Lipinski definition) is 0. The standard InChI is InChI=1S/C18H14S.C7H8/c1-3-7-15(8-4-1)16-11-13-18(14-12-16)19-17-9-5-2-6-10-17;1-7-5-3-2-4-6-7/h1-14H;2-6H,1H3. The molecule has 0 aliphatic rings.